The number of carbonyl (C=O) groups is 2. The van der Waals surface area contributed by atoms with Crippen molar-refractivity contribution in [2.24, 2.45) is 5.73 Å². The van der Waals surface area contributed by atoms with Crippen LogP contribution in [0.1, 0.15) is 37.6 Å². The first-order valence-electron chi connectivity index (χ1n) is 7.54. The van der Waals surface area contributed by atoms with Gasteiger partial charge in [-0.3, -0.25) is 4.79 Å². The normalized spacial score (nSPS) is 12.0. The number of nitrogens with two attached hydrogens (primary N) is 1. The van der Waals surface area contributed by atoms with E-state index in [9.17, 15) is 35.6 Å². The van der Waals surface area contributed by atoms with Gasteiger partial charge in [-0.2, -0.15) is 0 Å². The summed E-state index contributed by atoms with van der Waals surface area (Å²) in [7, 11) is -4.82. The summed E-state index contributed by atoms with van der Waals surface area (Å²) < 4.78 is 84.3. The highest BCUT2D eigenvalue weighted by Gasteiger charge is 2.34. The summed E-state index contributed by atoms with van der Waals surface area (Å²) in [6.07, 6.45) is -1.18. The van der Waals surface area contributed by atoms with E-state index >= 15 is 0 Å². The Hall–Kier alpha value is -2.37. The lowest BCUT2D eigenvalue weighted by Crippen LogP contribution is -2.33. The second-order valence-corrected chi connectivity index (χ2v) is 8.47. The van der Waals surface area contributed by atoms with Gasteiger partial charge >= 0.3 is 6.09 Å². The van der Waals surface area contributed by atoms with Crippen molar-refractivity contribution in [3.8, 4) is 0 Å². The summed E-state index contributed by atoms with van der Waals surface area (Å²) in [6, 6.07) is 0. The van der Waals surface area contributed by atoms with Crippen LogP contribution in [-0.4, -0.2) is 38.3 Å². The van der Waals surface area contributed by atoms with Gasteiger partial charge in [-0.15, -0.1) is 0 Å². The molecule has 0 saturated carbocycles. The minimum absolute atomic E-state index is 0.248. The summed E-state index contributed by atoms with van der Waals surface area (Å²) in [5.74, 6) is -11.6. The van der Waals surface area contributed by atoms with E-state index in [1.165, 1.54) is 0 Å². The van der Waals surface area contributed by atoms with Crippen LogP contribution in [0.3, 0.4) is 0 Å². The van der Waals surface area contributed by atoms with E-state index in [-0.39, 0.29) is 13.0 Å². The van der Waals surface area contributed by atoms with Crippen molar-refractivity contribution < 1.29 is 40.3 Å². The van der Waals surface area contributed by atoms with Gasteiger partial charge in [-0.1, -0.05) is 0 Å². The Bertz CT molecular complexity index is 837. The Balaban J connectivity index is 2.97. The van der Waals surface area contributed by atoms with Crippen molar-refractivity contribution in [2.75, 3.05) is 12.3 Å². The van der Waals surface area contributed by atoms with Gasteiger partial charge in [0.1, 0.15) is 16.1 Å². The Kier molecular flexibility index (Phi) is 6.81. The quantitative estimate of drug-likeness (QED) is 0.420. The Morgan fingerprint density at radius 3 is 1.93 bits per heavy atom. The summed E-state index contributed by atoms with van der Waals surface area (Å²) in [5.41, 5.74) is 2.12. The van der Waals surface area contributed by atoms with E-state index in [4.69, 9.17) is 4.74 Å². The fourth-order valence-electron chi connectivity index (χ4n) is 1.97. The van der Waals surface area contributed by atoms with Crippen molar-refractivity contribution in [3.05, 3.63) is 28.8 Å². The van der Waals surface area contributed by atoms with Crippen LogP contribution in [0.2, 0.25) is 0 Å². The molecule has 0 aliphatic rings. The lowest BCUT2D eigenvalue weighted by molar-refractivity contribution is 0.0527. The van der Waals surface area contributed by atoms with Crippen LogP contribution >= 0.6 is 0 Å². The number of primary amides is 1. The third-order valence-corrected chi connectivity index (χ3v) is 4.85. The van der Waals surface area contributed by atoms with E-state index < -0.39 is 66.9 Å². The first kappa shape index (κ1) is 22.7. The zero-order valence-electron chi connectivity index (χ0n) is 14.7. The minimum atomic E-state index is -4.82. The molecule has 7 nitrogen and oxygen atoms in total. The smallest absolute Gasteiger partial charge is 0.407 e. The fourth-order valence-corrected chi connectivity index (χ4v) is 3.42. The van der Waals surface area contributed by atoms with Crippen LogP contribution in [0.15, 0.2) is 4.90 Å². The molecule has 0 atom stereocenters. The topological polar surface area (TPSA) is 116 Å². The molecular weight excluding hydrogens is 396 g/mol. The predicted molar refractivity (Wildman–Crippen MR) is 85.7 cm³/mol. The van der Waals surface area contributed by atoms with E-state index in [0.717, 1.165) is 0 Å². The highest BCUT2D eigenvalue weighted by molar-refractivity contribution is 7.91. The second-order valence-electron chi connectivity index (χ2n) is 6.43. The molecule has 152 valence electrons. The van der Waals surface area contributed by atoms with E-state index in [1.807, 2.05) is 0 Å². The largest absolute Gasteiger partial charge is 0.444 e. The number of sulfone groups is 1. The molecule has 0 fully saturated rings. The van der Waals surface area contributed by atoms with Gasteiger partial charge in [0.25, 0.3) is 5.91 Å². The molecule has 0 spiro atoms. The monoisotopic (exact) mass is 414 g/mol. The molecule has 27 heavy (non-hydrogen) atoms. The summed E-state index contributed by atoms with van der Waals surface area (Å²) in [5, 5.41) is 2.22. The molecule has 0 bridgehead atoms. The lowest BCUT2D eigenvalue weighted by Gasteiger charge is -2.19. The van der Waals surface area contributed by atoms with Crippen LogP contribution < -0.4 is 11.1 Å². The molecule has 0 radical (unpaired) electrons. The number of hydrogen-bond donors (Lipinski definition) is 2. The standard InChI is InChI=1S/C15H18F4N2O5S/c1-15(2,3)26-14(23)21-5-4-6-27(24,25)12-10(18)8(16)7(13(20)22)9(17)11(12)19/h4-6H2,1-3H3,(H2,20,22)(H,21,23). The van der Waals surface area contributed by atoms with Gasteiger partial charge in [-0.05, 0) is 27.2 Å². The highest BCUT2D eigenvalue weighted by Crippen LogP contribution is 2.28. The average Bonchev–Trinajstić information content (AvgIpc) is 2.48. The van der Waals surface area contributed by atoms with Crippen molar-refractivity contribution in [1.82, 2.24) is 5.32 Å². The number of hydrogen-bond acceptors (Lipinski definition) is 5. The molecule has 12 heteroatoms. The van der Waals surface area contributed by atoms with Crippen molar-refractivity contribution in [1.29, 1.82) is 0 Å². The maximum Gasteiger partial charge on any atom is 0.407 e. The molecule has 0 heterocycles. The second kappa shape index (κ2) is 8.11. The van der Waals surface area contributed by atoms with Crippen LogP contribution in [0, 0.1) is 23.3 Å². The van der Waals surface area contributed by atoms with Crippen LogP contribution in [0.5, 0.6) is 0 Å². The zero-order valence-corrected chi connectivity index (χ0v) is 15.5. The van der Waals surface area contributed by atoms with Crippen molar-refractivity contribution in [3.63, 3.8) is 0 Å². The number of nitrogens with one attached hydrogen (secondary N) is 1. The number of halogens is 4. The summed E-state index contributed by atoms with van der Waals surface area (Å²) >= 11 is 0. The predicted octanol–water partition coefficient (Wildman–Crippen LogP) is 2.03. The number of amides is 2. The fraction of sp³-hybridized carbons (Fsp3) is 0.467. The third kappa shape index (κ3) is 5.55. The van der Waals surface area contributed by atoms with Crippen molar-refractivity contribution >= 4 is 21.8 Å². The Morgan fingerprint density at radius 2 is 1.52 bits per heavy atom. The van der Waals surface area contributed by atoms with Crippen LogP contribution in [0.25, 0.3) is 0 Å². The Morgan fingerprint density at radius 1 is 1.04 bits per heavy atom. The molecule has 1 rings (SSSR count). The lowest BCUT2D eigenvalue weighted by atomic mass is 10.1. The van der Waals surface area contributed by atoms with Crippen LogP contribution in [0.4, 0.5) is 22.4 Å². The maximum atomic E-state index is 13.9. The third-order valence-electron chi connectivity index (χ3n) is 3.04. The molecule has 1 aromatic carbocycles. The highest BCUT2D eigenvalue weighted by atomic mass is 32.2. The number of benzene rings is 1. The Labute approximate surface area is 152 Å². The van der Waals surface area contributed by atoms with E-state index in [1.54, 1.807) is 20.8 Å². The number of carbonyl (C=O) groups excluding carboxylic acids is 2. The molecule has 0 aromatic heterocycles. The molecule has 0 aliphatic carbocycles. The summed E-state index contributed by atoms with van der Waals surface area (Å²) in [4.78, 5) is 20.4. The first-order valence-corrected chi connectivity index (χ1v) is 9.19. The van der Waals surface area contributed by atoms with E-state index in [2.05, 4.69) is 11.1 Å². The van der Waals surface area contributed by atoms with Gasteiger partial charge in [0.15, 0.2) is 33.1 Å². The SMILES string of the molecule is CC(C)(C)OC(=O)NCCCS(=O)(=O)c1c(F)c(F)c(C(N)=O)c(F)c1F. The first-order chi connectivity index (χ1) is 12.2. The van der Waals surface area contributed by atoms with Crippen molar-refractivity contribution in [2.45, 2.75) is 37.7 Å². The van der Waals surface area contributed by atoms with Gasteiger partial charge in [0, 0.05) is 6.54 Å². The minimum Gasteiger partial charge on any atom is -0.444 e. The molecule has 0 saturated heterocycles. The molecule has 1 aromatic rings. The molecular formula is C15H18F4N2O5S. The average molecular weight is 414 g/mol. The molecule has 0 unspecified atom stereocenters. The number of alkyl carbamates (subject to hydrolysis) is 1. The van der Waals surface area contributed by atoms with E-state index in [0.29, 0.717) is 0 Å². The number of rotatable bonds is 6. The van der Waals surface area contributed by atoms with Gasteiger partial charge < -0.3 is 15.8 Å². The molecule has 0 aliphatic heterocycles. The van der Waals surface area contributed by atoms with Gasteiger partial charge in [0.2, 0.25) is 0 Å². The molecule has 3 N–H and O–H groups in total. The zero-order chi connectivity index (χ0) is 21.2. The van der Waals surface area contributed by atoms with Crippen LogP contribution in [-0.2, 0) is 14.6 Å². The summed E-state index contributed by atoms with van der Waals surface area (Å²) in [6.45, 7) is 4.55. The maximum absolute atomic E-state index is 13.9. The number of ether oxygens (including phenoxy) is 1. The van der Waals surface area contributed by atoms with Gasteiger partial charge in [0.05, 0.1) is 5.75 Å². The molecule has 2 amide bonds. The van der Waals surface area contributed by atoms with Gasteiger partial charge in [-0.25, -0.2) is 30.8 Å².